The molecule has 1 aromatic rings. The molecule has 4 nitrogen and oxygen atoms in total. The van der Waals surface area contributed by atoms with Crippen LogP contribution in [0.25, 0.3) is 0 Å². The Morgan fingerprint density at radius 1 is 1.52 bits per heavy atom. The van der Waals surface area contributed by atoms with E-state index < -0.39 is 12.1 Å². The number of hydrogen-bond donors (Lipinski definition) is 0. The topological polar surface area (TPSA) is 32.8 Å². The molecule has 0 bridgehead atoms. The lowest BCUT2D eigenvalue weighted by Gasteiger charge is -2.26. The van der Waals surface area contributed by atoms with Gasteiger partial charge in [-0.05, 0) is 37.1 Å². The number of methoxy groups -OCH3 is 1. The fourth-order valence-electron chi connectivity index (χ4n) is 2.84. The average molecular weight is 294 g/mol. The van der Waals surface area contributed by atoms with Crippen molar-refractivity contribution in [2.24, 2.45) is 0 Å². The molecular formula is C16H23FN2O2. The molecule has 1 aliphatic rings. The zero-order valence-corrected chi connectivity index (χ0v) is 12.9. The maximum absolute atomic E-state index is 13.8. The van der Waals surface area contributed by atoms with Gasteiger partial charge in [-0.25, -0.2) is 9.18 Å². The monoisotopic (exact) mass is 294 g/mol. The van der Waals surface area contributed by atoms with Crippen LogP contribution in [0, 0.1) is 0 Å². The van der Waals surface area contributed by atoms with E-state index in [2.05, 4.69) is 27.8 Å². The Morgan fingerprint density at radius 2 is 2.29 bits per heavy atom. The highest BCUT2D eigenvalue weighted by Gasteiger charge is 2.30. The van der Waals surface area contributed by atoms with E-state index in [1.807, 2.05) is 25.1 Å². The van der Waals surface area contributed by atoms with Gasteiger partial charge in [-0.2, -0.15) is 0 Å². The molecule has 0 spiro atoms. The first kappa shape index (κ1) is 15.8. The minimum absolute atomic E-state index is 0.101. The molecular weight excluding hydrogens is 271 g/mol. The maximum Gasteiger partial charge on any atom is 0.341 e. The average Bonchev–Trinajstić information content (AvgIpc) is 2.94. The fourth-order valence-corrected chi connectivity index (χ4v) is 2.84. The molecule has 21 heavy (non-hydrogen) atoms. The summed E-state index contributed by atoms with van der Waals surface area (Å²) in [5.41, 5.74) is 2.31. The predicted molar refractivity (Wildman–Crippen MR) is 81.2 cm³/mol. The van der Waals surface area contributed by atoms with Gasteiger partial charge in [-0.1, -0.05) is 12.1 Å². The summed E-state index contributed by atoms with van der Waals surface area (Å²) in [4.78, 5) is 15.3. The number of carbonyl (C=O) groups is 1. The molecule has 2 atom stereocenters. The summed E-state index contributed by atoms with van der Waals surface area (Å²) in [6, 6.07) is 8.45. The summed E-state index contributed by atoms with van der Waals surface area (Å²) in [5.74, 6) is -0.789. The molecule has 0 aromatic heterocycles. The standard InChI is InChI=1S/C16H23FN2O2/c1-18(2)13-7-4-6-12(10-13)15-8-5-9-19(15)11-14(17)16(20)21-3/h4,6-7,10,14-15H,5,8-9,11H2,1-3H3. The van der Waals surface area contributed by atoms with Crippen molar-refractivity contribution in [2.45, 2.75) is 25.1 Å². The van der Waals surface area contributed by atoms with Crippen LogP contribution in [0.2, 0.25) is 0 Å². The van der Waals surface area contributed by atoms with E-state index in [0.717, 1.165) is 25.1 Å². The Balaban J connectivity index is 2.11. The molecule has 0 radical (unpaired) electrons. The number of esters is 1. The van der Waals surface area contributed by atoms with Gasteiger partial charge in [0.15, 0.2) is 0 Å². The van der Waals surface area contributed by atoms with Crippen LogP contribution in [0.5, 0.6) is 0 Å². The number of benzene rings is 1. The molecule has 0 aliphatic carbocycles. The highest BCUT2D eigenvalue weighted by atomic mass is 19.1. The van der Waals surface area contributed by atoms with Gasteiger partial charge in [0.25, 0.3) is 0 Å². The van der Waals surface area contributed by atoms with Gasteiger partial charge >= 0.3 is 5.97 Å². The minimum atomic E-state index is -1.58. The molecule has 5 heteroatoms. The van der Waals surface area contributed by atoms with Gasteiger partial charge in [0, 0.05) is 32.4 Å². The van der Waals surface area contributed by atoms with Crippen LogP contribution >= 0.6 is 0 Å². The lowest BCUT2D eigenvalue weighted by atomic mass is 10.0. The normalized spacial score (nSPS) is 20.3. The van der Waals surface area contributed by atoms with Crippen molar-refractivity contribution in [3.05, 3.63) is 29.8 Å². The number of ether oxygens (including phenoxy) is 1. The van der Waals surface area contributed by atoms with Crippen LogP contribution in [0.3, 0.4) is 0 Å². The number of carbonyl (C=O) groups excluding carboxylic acids is 1. The summed E-state index contributed by atoms with van der Waals surface area (Å²) in [5, 5.41) is 0. The highest BCUT2D eigenvalue weighted by molar-refractivity contribution is 5.74. The number of alkyl halides is 1. The van der Waals surface area contributed by atoms with E-state index in [1.165, 1.54) is 12.7 Å². The van der Waals surface area contributed by atoms with E-state index in [-0.39, 0.29) is 12.6 Å². The number of rotatable bonds is 5. The second-order valence-electron chi connectivity index (χ2n) is 5.63. The van der Waals surface area contributed by atoms with Gasteiger partial charge in [-0.3, -0.25) is 4.90 Å². The van der Waals surface area contributed by atoms with E-state index >= 15 is 0 Å². The van der Waals surface area contributed by atoms with Crippen molar-refractivity contribution in [1.29, 1.82) is 0 Å². The third kappa shape index (κ3) is 3.73. The Labute approximate surface area is 125 Å². The Kier molecular flexibility index (Phi) is 5.17. The predicted octanol–water partition coefficient (Wildman–Crippen LogP) is 2.40. The zero-order valence-electron chi connectivity index (χ0n) is 12.9. The maximum atomic E-state index is 13.8. The summed E-state index contributed by atoms with van der Waals surface area (Å²) < 4.78 is 18.3. The highest BCUT2D eigenvalue weighted by Crippen LogP contribution is 2.33. The summed E-state index contributed by atoms with van der Waals surface area (Å²) in [7, 11) is 5.22. The summed E-state index contributed by atoms with van der Waals surface area (Å²) >= 11 is 0. The van der Waals surface area contributed by atoms with Crippen LogP contribution in [-0.4, -0.2) is 51.3 Å². The quantitative estimate of drug-likeness (QED) is 0.781. The first-order chi connectivity index (χ1) is 10.0. The van der Waals surface area contributed by atoms with E-state index in [0.29, 0.717) is 0 Å². The van der Waals surface area contributed by atoms with Crippen LogP contribution in [0.15, 0.2) is 24.3 Å². The van der Waals surface area contributed by atoms with E-state index in [1.54, 1.807) is 0 Å². The zero-order chi connectivity index (χ0) is 15.4. The SMILES string of the molecule is COC(=O)C(F)CN1CCCC1c1cccc(N(C)C)c1. The van der Waals surface area contributed by atoms with E-state index in [4.69, 9.17) is 0 Å². The summed E-state index contributed by atoms with van der Waals surface area (Å²) in [6.07, 6.45) is 0.433. The van der Waals surface area contributed by atoms with Gasteiger partial charge in [0.05, 0.1) is 7.11 Å². The molecule has 0 amide bonds. The first-order valence-corrected chi connectivity index (χ1v) is 7.26. The lowest BCUT2D eigenvalue weighted by Crippen LogP contribution is -2.34. The molecule has 0 saturated carbocycles. The molecule has 116 valence electrons. The lowest BCUT2D eigenvalue weighted by molar-refractivity contribution is -0.147. The van der Waals surface area contributed by atoms with Crippen molar-refractivity contribution in [1.82, 2.24) is 4.90 Å². The molecule has 2 rings (SSSR count). The van der Waals surface area contributed by atoms with E-state index in [9.17, 15) is 9.18 Å². The van der Waals surface area contributed by atoms with Gasteiger partial charge in [-0.15, -0.1) is 0 Å². The Morgan fingerprint density at radius 3 is 2.95 bits per heavy atom. The second kappa shape index (κ2) is 6.89. The van der Waals surface area contributed by atoms with Crippen molar-refractivity contribution in [3.63, 3.8) is 0 Å². The van der Waals surface area contributed by atoms with Gasteiger partial charge < -0.3 is 9.64 Å². The number of hydrogen-bond acceptors (Lipinski definition) is 4. The molecule has 1 aliphatic heterocycles. The third-order valence-corrected chi connectivity index (χ3v) is 3.99. The molecule has 1 fully saturated rings. The number of halogens is 1. The summed E-state index contributed by atoms with van der Waals surface area (Å²) in [6.45, 7) is 0.914. The molecule has 1 aromatic carbocycles. The second-order valence-corrected chi connectivity index (χ2v) is 5.63. The molecule has 1 heterocycles. The molecule has 0 N–H and O–H groups in total. The fraction of sp³-hybridized carbons (Fsp3) is 0.562. The van der Waals surface area contributed by atoms with Crippen molar-refractivity contribution in [2.75, 3.05) is 39.2 Å². The van der Waals surface area contributed by atoms with Crippen molar-refractivity contribution >= 4 is 11.7 Å². The Hall–Kier alpha value is -1.62. The van der Waals surface area contributed by atoms with Gasteiger partial charge in [0.1, 0.15) is 0 Å². The van der Waals surface area contributed by atoms with Crippen molar-refractivity contribution < 1.29 is 13.9 Å². The number of nitrogens with zero attached hydrogens (tertiary/aromatic N) is 2. The Bertz CT molecular complexity index is 493. The molecule has 1 saturated heterocycles. The first-order valence-electron chi connectivity index (χ1n) is 7.26. The largest absolute Gasteiger partial charge is 0.467 e. The van der Waals surface area contributed by atoms with Crippen LogP contribution in [0.1, 0.15) is 24.4 Å². The molecule has 2 unspecified atom stereocenters. The van der Waals surface area contributed by atoms with Crippen LogP contribution in [-0.2, 0) is 9.53 Å². The number of likely N-dealkylation sites (tertiary alicyclic amines) is 1. The van der Waals surface area contributed by atoms with Gasteiger partial charge in [0.2, 0.25) is 6.17 Å². The third-order valence-electron chi connectivity index (χ3n) is 3.99. The smallest absolute Gasteiger partial charge is 0.341 e. The van der Waals surface area contributed by atoms with Crippen LogP contribution in [0.4, 0.5) is 10.1 Å². The van der Waals surface area contributed by atoms with Crippen LogP contribution < -0.4 is 4.90 Å². The van der Waals surface area contributed by atoms with Crippen molar-refractivity contribution in [3.8, 4) is 0 Å². The minimum Gasteiger partial charge on any atom is -0.467 e. The number of anilines is 1.